The van der Waals surface area contributed by atoms with Crippen LogP contribution in [0.2, 0.25) is 0 Å². The van der Waals surface area contributed by atoms with E-state index >= 15 is 0 Å². The molecule has 2 N–H and O–H groups in total. The number of hydrogen-bond acceptors (Lipinski definition) is 7. The third kappa shape index (κ3) is 3.97. The highest BCUT2D eigenvalue weighted by Crippen LogP contribution is 2.21. The molecular formula is C19H18N6O3S. The van der Waals surface area contributed by atoms with Gasteiger partial charge in [0.1, 0.15) is 6.07 Å². The average molecular weight is 410 g/mol. The third-order valence-corrected chi connectivity index (χ3v) is 6.35. The molecule has 29 heavy (non-hydrogen) atoms. The molecule has 0 bridgehead atoms. The molecule has 0 spiro atoms. The van der Waals surface area contributed by atoms with Gasteiger partial charge in [0.25, 0.3) is 0 Å². The van der Waals surface area contributed by atoms with Crippen LogP contribution in [0.3, 0.4) is 0 Å². The number of fused-ring (bicyclic) bond motifs is 1. The molecule has 2 heterocycles. The summed E-state index contributed by atoms with van der Waals surface area (Å²) in [6.07, 6.45) is 0. The normalized spacial score (nSPS) is 15.9. The number of aromatic nitrogens is 2. The highest BCUT2D eigenvalue weighted by molar-refractivity contribution is 7.89. The number of nitriles is 1. The first-order valence-electron chi connectivity index (χ1n) is 8.95. The summed E-state index contributed by atoms with van der Waals surface area (Å²) in [4.78, 5) is 7.55. The van der Waals surface area contributed by atoms with Crippen molar-refractivity contribution in [3.63, 3.8) is 0 Å². The van der Waals surface area contributed by atoms with Crippen LogP contribution in [0.4, 0.5) is 5.69 Å². The predicted molar refractivity (Wildman–Crippen MR) is 108 cm³/mol. The molecule has 148 valence electrons. The first-order chi connectivity index (χ1) is 14.1. The standard InChI is InChI=1S/C19H18N6O3S/c20-13-18(19-21-16-6-1-2-7-17(16)22-19)24-23-14-4-3-5-15(12-14)29(26,27)25-8-10-28-11-9-25/h1-7,12,23H,8-11H2,(H,21,22)/b24-18-. The fraction of sp³-hybridized carbons (Fsp3) is 0.211. The van der Waals surface area contributed by atoms with Crippen molar-refractivity contribution in [2.75, 3.05) is 31.7 Å². The number of morpholine rings is 1. The van der Waals surface area contributed by atoms with Crippen LogP contribution in [-0.2, 0) is 14.8 Å². The number of nitrogens with one attached hydrogen (secondary N) is 2. The molecule has 2 aromatic carbocycles. The van der Waals surface area contributed by atoms with Gasteiger partial charge < -0.3 is 9.72 Å². The Morgan fingerprint density at radius 2 is 2.00 bits per heavy atom. The van der Waals surface area contributed by atoms with Gasteiger partial charge in [-0.1, -0.05) is 18.2 Å². The van der Waals surface area contributed by atoms with Crippen LogP contribution in [0, 0.1) is 11.3 Å². The van der Waals surface area contributed by atoms with E-state index in [2.05, 4.69) is 20.5 Å². The lowest BCUT2D eigenvalue weighted by Gasteiger charge is -2.26. The average Bonchev–Trinajstić information content (AvgIpc) is 3.19. The van der Waals surface area contributed by atoms with E-state index in [1.54, 1.807) is 12.1 Å². The molecule has 0 aliphatic carbocycles. The van der Waals surface area contributed by atoms with E-state index in [1.807, 2.05) is 30.3 Å². The minimum absolute atomic E-state index is 0.0580. The Hall–Kier alpha value is -3.26. The highest BCUT2D eigenvalue weighted by atomic mass is 32.2. The van der Waals surface area contributed by atoms with E-state index in [9.17, 15) is 13.7 Å². The number of H-pyrrole nitrogens is 1. The summed E-state index contributed by atoms with van der Waals surface area (Å²) in [5.74, 6) is 0.332. The number of para-hydroxylation sites is 2. The molecule has 0 radical (unpaired) electrons. The Bertz CT molecular complexity index is 1170. The maximum Gasteiger partial charge on any atom is 0.243 e. The summed E-state index contributed by atoms with van der Waals surface area (Å²) in [6, 6.07) is 15.7. The number of hydrogen-bond donors (Lipinski definition) is 2. The second-order valence-corrected chi connectivity index (χ2v) is 8.27. The molecule has 0 unspecified atom stereocenters. The topological polar surface area (TPSA) is 123 Å². The van der Waals surface area contributed by atoms with Crippen molar-refractivity contribution < 1.29 is 13.2 Å². The second kappa shape index (κ2) is 8.00. The maximum absolute atomic E-state index is 12.8. The Morgan fingerprint density at radius 1 is 1.21 bits per heavy atom. The monoisotopic (exact) mass is 410 g/mol. The van der Waals surface area contributed by atoms with E-state index < -0.39 is 10.0 Å². The number of imidazole rings is 1. The Balaban J connectivity index is 1.57. The van der Waals surface area contributed by atoms with Crippen LogP contribution >= 0.6 is 0 Å². The fourth-order valence-corrected chi connectivity index (χ4v) is 4.43. The van der Waals surface area contributed by atoms with Gasteiger partial charge in [-0.05, 0) is 30.3 Å². The number of hydrazone groups is 1. The van der Waals surface area contributed by atoms with Gasteiger partial charge in [0.2, 0.25) is 15.7 Å². The summed E-state index contributed by atoms with van der Waals surface area (Å²) in [7, 11) is -3.62. The van der Waals surface area contributed by atoms with E-state index in [-0.39, 0.29) is 10.6 Å². The fourth-order valence-electron chi connectivity index (χ4n) is 2.98. The molecule has 0 amide bonds. The molecule has 3 aromatic rings. The van der Waals surface area contributed by atoms with Crippen LogP contribution < -0.4 is 5.43 Å². The second-order valence-electron chi connectivity index (χ2n) is 6.33. The zero-order valence-corrected chi connectivity index (χ0v) is 16.2. The minimum Gasteiger partial charge on any atom is -0.379 e. The molecule has 0 atom stereocenters. The third-order valence-electron chi connectivity index (χ3n) is 4.46. The van der Waals surface area contributed by atoms with Crippen LogP contribution in [0.25, 0.3) is 11.0 Å². The number of sulfonamides is 1. The van der Waals surface area contributed by atoms with Crippen LogP contribution in [-0.4, -0.2) is 54.7 Å². The zero-order chi connectivity index (χ0) is 20.3. The molecule has 1 aliphatic rings. The predicted octanol–water partition coefficient (Wildman–Crippen LogP) is 1.92. The summed E-state index contributed by atoms with van der Waals surface area (Å²) < 4.78 is 32.2. The largest absolute Gasteiger partial charge is 0.379 e. The van der Waals surface area contributed by atoms with Gasteiger partial charge in [-0.3, -0.25) is 5.43 Å². The number of aromatic amines is 1. The lowest BCUT2D eigenvalue weighted by molar-refractivity contribution is 0.0730. The van der Waals surface area contributed by atoms with Gasteiger partial charge in [0.05, 0.1) is 34.8 Å². The summed E-state index contributed by atoms with van der Waals surface area (Å²) >= 11 is 0. The number of anilines is 1. The molecule has 0 saturated carbocycles. The van der Waals surface area contributed by atoms with Crippen molar-refractivity contribution in [2.24, 2.45) is 5.10 Å². The quantitative estimate of drug-likeness (QED) is 0.489. The van der Waals surface area contributed by atoms with Crippen molar-refractivity contribution in [1.29, 1.82) is 5.26 Å². The van der Waals surface area contributed by atoms with Gasteiger partial charge in [-0.2, -0.15) is 14.7 Å². The van der Waals surface area contributed by atoms with Crippen molar-refractivity contribution >= 4 is 32.5 Å². The Kier molecular flexibility index (Phi) is 5.26. The summed E-state index contributed by atoms with van der Waals surface area (Å²) in [5, 5.41) is 13.5. The van der Waals surface area contributed by atoms with E-state index in [1.165, 1.54) is 16.4 Å². The lowest BCUT2D eigenvalue weighted by atomic mass is 10.3. The Labute approximate surface area is 167 Å². The first kappa shape index (κ1) is 19.1. The SMILES string of the molecule is N#C/C(=N/Nc1cccc(S(=O)(=O)N2CCOCC2)c1)c1nc2ccccc2[nH]1. The highest BCUT2D eigenvalue weighted by Gasteiger charge is 2.26. The van der Waals surface area contributed by atoms with E-state index in [0.29, 0.717) is 37.8 Å². The van der Waals surface area contributed by atoms with Crippen molar-refractivity contribution in [3.8, 4) is 6.07 Å². The summed E-state index contributed by atoms with van der Waals surface area (Å²) in [6.45, 7) is 1.40. The van der Waals surface area contributed by atoms with Gasteiger partial charge in [-0.25, -0.2) is 13.4 Å². The molecule has 1 aliphatic heterocycles. The number of nitrogens with zero attached hydrogens (tertiary/aromatic N) is 4. The van der Waals surface area contributed by atoms with E-state index in [0.717, 1.165) is 11.0 Å². The zero-order valence-electron chi connectivity index (χ0n) is 15.4. The van der Waals surface area contributed by atoms with Gasteiger partial charge in [-0.15, -0.1) is 0 Å². The molecule has 1 aromatic heterocycles. The maximum atomic E-state index is 12.8. The minimum atomic E-state index is -3.62. The molecule has 1 saturated heterocycles. The lowest BCUT2D eigenvalue weighted by Crippen LogP contribution is -2.40. The van der Waals surface area contributed by atoms with Gasteiger partial charge in [0, 0.05) is 13.1 Å². The Morgan fingerprint density at radius 3 is 2.76 bits per heavy atom. The van der Waals surface area contributed by atoms with Crippen molar-refractivity contribution in [3.05, 3.63) is 54.4 Å². The molecule has 9 nitrogen and oxygen atoms in total. The molecular weight excluding hydrogens is 392 g/mol. The number of ether oxygens (including phenoxy) is 1. The number of rotatable bonds is 5. The molecule has 10 heteroatoms. The first-order valence-corrected chi connectivity index (χ1v) is 10.4. The molecule has 1 fully saturated rings. The summed E-state index contributed by atoms with van der Waals surface area (Å²) in [5.41, 5.74) is 4.78. The van der Waals surface area contributed by atoms with Crippen molar-refractivity contribution in [1.82, 2.24) is 14.3 Å². The van der Waals surface area contributed by atoms with Gasteiger partial charge in [0.15, 0.2) is 5.82 Å². The van der Waals surface area contributed by atoms with Crippen LogP contribution in [0.1, 0.15) is 5.82 Å². The van der Waals surface area contributed by atoms with Crippen LogP contribution in [0.5, 0.6) is 0 Å². The molecule has 4 rings (SSSR count). The smallest absolute Gasteiger partial charge is 0.243 e. The van der Waals surface area contributed by atoms with Crippen LogP contribution in [0.15, 0.2) is 58.5 Å². The van der Waals surface area contributed by atoms with E-state index in [4.69, 9.17) is 4.74 Å². The van der Waals surface area contributed by atoms with Gasteiger partial charge >= 0.3 is 0 Å². The number of benzene rings is 2. The van der Waals surface area contributed by atoms with Crippen molar-refractivity contribution in [2.45, 2.75) is 4.90 Å².